The maximum absolute atomic E-state index is 12.5. The lowest BCUT2D eigenvalue weighted by Gasteiger charge is -2.11. The fourth-order valence-electron chi connectivity index (χ4n) is 3.45. The molecule has 4 rings (SSSR count). The summed E-state index contributed by atoms with van der Waals surface area (Å²) in [7, 11) is 0. The molecule has 1 aromatic heterocycles. The van der Waals surface area contributed by atoms with Crippen LogP contribution in [0.1, 0.15) is 25.0 Å². The molecule has 0 fully saturated rings. The highest BCUT2D eigenvalue weighted by Crippen LogP contribution is 2.33. The van der Waals surface area contributed by atoms with Gasteiger partial charge in [0.25, 0.3) is 0 Å². The average molecular weight is 302 g/mol. The lowest BCUT2D eigenvalue weighted by Crippen LogP contribution is -2.02. The summed E-state index contributed by atoms with van der Waals surface area (Å²) in [6, 6.07) is 16.3. The van der Waals surface area contributed by atoms with Gasteiger partial charge < -0.3 is 4.42 Å². The molecule has 1 heterocycles. The highest BCUT2D eigenvalue weighted by atomic mass is 16.4. The summed E-state index contributed by atoms with van der Waals surface area (Å²) >= 11 is 0. The van der Waals surface area contributed by atoms with Crippen LogP contribution < -0.4 is 5.63 Å². The number of benzene rings is 3. The number of hydrogen-bond donors (Lipinski definition) is 0. The van der Waals surface area contributed by atoms with Gasteiger partial charge in [0.2, 0.25) is 0 Å². The quantitative estimate of drug-likeness (QED) is 0.375. The number of fused-ring (bicyclic) bond motifs is 5. The molecule has 4 aromatic rings. The van der Waals surface area contributed by atoms with Gasteiger partial charge in [0.05, 0.1) is 5.39 Å². The third-order valence-electron chi connectivity index (χ3n) is 4.63. The Kier molecular flexibility index (Phi) is 3.19. The van der Waals surface area contributed by atoms with E-state index >= 15 is 0 Å². The minimum Gasteiger partial charge on any atom is -0.422 e. The maximum atomic E-state index is 12.5. The summed E-state index contributed by atoms with van der Waals surface area (Å²) < 4.78 is 5.65. The van der Waals surface area contributed by atoms with E-state index in [1.807, 2.05) is 30.3 Å². The molecule has 3 aromatic carbocycles. The summed E-state index contributed by atoms with van der Waals surface area (Å²) in [5, 5.41) is 5.02. The Morgan fingerprint density at radius 3 is 2.48 bits per heavy atom. The SMILES string of the molecule is CCc1cc(CC)c2c(c1)oc(=O)c1ccc3ccccc3c12. The lowest BCUT2D eigenvalue weighted by molar-refractivity contribution is 0.569. The third kappa shape index (κ3) is 2.06. The van der Waals surface area contributed by atoms with E-state index in [1.54, 1.807) is 0 Å². The van der Waals surface area contributed by atoms with Gasteiger partial charge >= 0.3 is 5.63 Å². The first-order chi connectivity index (χ1) is 11.2. The average Bonchev–Trinajstić information content (AvgIpc) is 2.60. The molecule has 0 aliphatic carbocycles. The van der Waals surface area contributed by atoms with Crippen LogP contribution in [-0.4, -0.2) is 0 Å². The van der Waals surface area contributed by atoms with E-state index in [0.29, 0.717) is 11.0 Å². The predicted molar refractivity (Wildman–Crippen MR) is 96.3 cm³/mol. The second-order valence-electron chi connectivity index (χ2n) is 5.93. The van der Waals surface area contributed by atoms with Crippen LogP contribution in [0.25, 0.3) is 32.5 Å². The van der Waals surface area contributed by atoms with E-state index < -0.39 is 0 Å². The summed E-state index contributed by atoms with van der Waals surface area (Å²) in [5.41, 5.74) is 2.89. The van der Waals surface area contributed by atoms with E-state index in [1.165, 1.54) is 11.1 Å². The largest absolute Gasteiger partial charge is 0.422 e. The Hall–Kier alpha value is -2.61. The van der Waals surface area contributed by atoms with Crippen LogP contribution in [0.15, 0.2) is 57.7 Å². The molecule has 0 bridgehead atoms. The Balaban J connectivity index is 2.35. The highest BCUT2D eigenvalue weighted by molar-refractivity contribution is 6.19. The number of rotatable bonds is 2. The monoisotopic (exact) mass is 302 g/mol. The van der Waals surface area contributed by atoms with Gasteiger partial charge in [-0.25, -0.2) is 4.79 Å². The molecular formula is C21H18O2. The normalized spacial score (nSPS) is 11.6. The van der Waals surface area contributed by atoms with E-state index in [4.69, 9.17) is 4.42 Å². The second kappa shape index (κ2) is 5.24. The van der Waals surface area contributed by atoms with Gasteiger partial charge in [-0.1, -0.05) is 50.2 Å². The Morgan fingerprint density at radius 2 is 1.70 bits per heavy atom. The van der Waals surface area contributed by atoms with Gasteiger partial charge in [0.15, 0.2) is 0 Å². The topological polar surface area (TPSA) is 30.2 Å². The zero-order valence-electron chi connectivity index (χ0n) is 13.3. The van der Waals surface area contributed by atoms with Gasteiger partial charge in [-0.3, -0.25) is 0 Å². The van der Waals surface area contributed by atoms with Crippen LogP contribution in [0.2, 0.25) is 0 Å². The zero-order valence-corrected chi connectivity index (χ0v) is 13.3. The van der Waals surface area contributed by atoms with Crippen molar-refractivity contribution in [1.29, 1.82) is 0 Å². The first kappa shape index (κ1) is 14.0. The van der Waals surface area contributed by atoms with Crippen LogP contribution in [0.3, 0.4) is 0 Å². The Morgan fingerprint density at radius 1 is 0.870 bits per heavy atom. The fourth-order valence-corrected chi connectivity index (χ4v) is 3.45. The van der Waals surface area contributed by atoms with Crippen molar-refractivity contribution in [2.24, 2.45) is 0 Å². The van der Waals surface area contributed by atoms with Gasteiger partial charge in [-0.15, -0.1) is 0 Å². The Bertz CT molecular complexity index is 1100. The Labute approximate surface area is 134 Å². The number of hydrogen-bond acceptors (Lipinski definition) is 2. The first-order valence-corrected chi connectivity index (χ1v) is 8.13. The van der Waals surface area contributed by atoms with Crippen molar-refractivity contribution in [1.82, 2.24) is 0 Å². The van der Waals surface area contributed by atoms with Crippen molar-refractivity contribution in [3.05, 3.63) is 70.1 Å². The molecule has 0 amide bonds. The van der Waals surface area contributed by atoms with Crippen molar-refractivity contribution in [3.63, 3.8) is 0 Å². The second-order valence-corrected chi connectivity index (χ2v) is 5.93. The summed E-state index contributed by atoms with van der Waals surface area (Å²) in [4.78, 5) is 12.5. The van der Waals surface area contributed by atoms with Gasteiger partial charge in [-0.05, 0) is 46.9 Å². The van der Waals surface area contributed by atoms with Crippen LogP contribution in [0, 0.1) is 0 Å². The standard InChI is InChI=1S/C21H18O2/c1-3-13-11-14(4-2)19-18(12-13)23-21(22)17-10-9-15-7-5-6-8-16(15)20(17)19/h5-12H,3-4H2,1-2H3. The molecule has 0 unspecified atom stereocenters. The molecule has 2 nitrogen and oxygen atoms in total. The molecule has 0 radical (unpaired) electrons. The van der Waals surface area contributed by atoms with Crippen molar-refractivity contribution in [2.45, 2.75) is 26.7 Å². The van der Waals surface area contributed by atoms with Crippen LogP contribution in [-0.2, 0) is 12.8 Å². The third-order valence-corrected chi connectivity index (χ3v) is 4.63. The van der Waals surface area contributed by atoms with Crippen molar-refractivity contribution < 1.29 is 4.42 Å². The van der Waals surface area contributed by atoms with Crippen LogP contribution in [0.5, 0.6) is 0 Å². The van der Waals surface area contributed by atoms with Crippen molar-refractivity contribution in [2.75, 3.05) is 0 Å². The molecule has 0 saturated carbocycles. The predicted octanol–water partition coefficient (Wildman–Crippen LogP) is 5.22. The van der Waals surface area contributed by atoms with E-state index in [0.717, 1.165) is 34.4 Å². The maximum Gasteiger partial charge on any atom is 0.344 e. The molecule has 0 atom stereocenters. The molecule has 0 aliphatic heterocycles. The van der Waals surface area contributed by atoms with E-state index in [9.17, 15) is 4.79 Å². The zero-order chi connectivity index (χ0) is 16.0. The van der Waals surface area contributed by atoms with Gasteiger partial charge in [-0.2, -0.15) is 0 Å². The smallest absolute Gasteiger partial charge is 0.344 e. The molecule has 2 heteroatoms. The summed E-state index contributed by atoms with van der Waals surface area (Å²) in [6.07, 6.45) is 1.84. The molecule has 0 N–H and O–H groups in total. The minimum atomic E-state index is -0.256. The number of aryl methyl sites for hydroxylation is 2. The van der Waals surface area contributed by atoms with Crippen LogP contribution in [0.4, 0.5) is 0 Å². The molecule has 0 saturated heterocycles. The molecule has 23 heavy (non-hydrogen) atoms. The van der Waals surface area contributed by atoms with E-state index in [2.05, 4.69) is 32.0 Å². The van der Waals surface area contributed by atoms with Crippen molar-refractivity contribution >= 4 is 32.5 Å². The molecule has 0 spiro atoms. The molecular weight excluding hydrogens is 284 g/mol. The van der Waals surface area contributed by atoms with Crippen LogP contribution >= 0.6 is 0 Å². The fraction of sp³-hybridized carbons (Fsp3) is 0.190. The van der Waals surface area contributed by atoms with Gasteiger partial charge in [0.1, 0.15) is 5.58 Å². The summed E-state index contributed by atoms with van der Waals surface area (Å²) in [5.74, 6) is 0. The minimum absolute atomic E-state index is 0.256. The van der Waals surface area contributed by atoms with Crippen molar-refractivity contribution in [3.8, 4) is 0 Å². The first-order valence-electron chi connectivity index (χ1n) is 8.13. The molecule has 114 valence electrons. The highest BCUT2D eigenvalue weighted by Gasteiger charge is 2.14. The van der Waals surface area contributed by atoms with E-state index in [-0.39, 0.29) is 5.63 Å². The van der Waals surface area contributed by atoms with Gasteiger partial charge in [0, 0.05) is 10.8 Å². The lowest BCUT2D eigenvalue weighted by atomic mass is 9.94. The molecule has 0 aliphatic rings. The summed E-state index contributed by atoms with van der Waals surface area (Å²) in [6.45, 7) is 4.27.